The van der Waals surface area contributed by atoms with Crippen LogP contribution in [-0.2, 0) is 16.8 Å². The second kappa shape index (κ2) is 7.00. The molecule has 0 bridgehead atoms. The summed E-state index contributed by atoms with van der Waals surface area (Å²) in [5, 5.41) is 4.21. The van der Waals surface area contributed by atoms with E-state index in [0.717, 1.165) is 21.5 Å². The van der Waals surface area contributed by atoms with Crippen molar-refractivity contribution in [2.75, 3.05) is 11.1 Å². The van der Waals surface area contributed by atoms with Crippen molar-refractivity contribution in [2.24, 2.45) is 5.92 Å². The Morgan fingerprint density at radius 1 is 1.25 bits per heavy atom. The van der Waals surface area contributed by atoms with Crippen molar-refractivity contribution in [3.8, 4) is 0 Å². The van der Waals surface area contributed by atoms with E-state index in [1.165, 1.54) is 23.1 Å². The Labute approximate surface area is 171 Å². The summed E-state index contributed by atoms with van der Waals surface area (Å²) in [6.45, 7) is 8.48. The summed E-state index contributed by atoms with van der Waals surface area (Å²) in [6.07, 6.45) is 0. The second-order valence-corrected chi connectivity index (χ2v) is 10.1. The van der Waals surface area contributed by atoms with Crippen molar-refractivity contribution in [2.45, 2.75) is 44.8 Å². The number of nitrogens with one attached hydrogen (secondary N) is 1. The summed E-state index contributed by atoms with van der Waals surface area (Å²) >= 11 is 2.93. The van der Waals surface area contributed by atoms with Gasteiger partial charge in [0.25, 0.3) is 5.56 Å². The van der Waals surface area contributed by atoms with Gasteiger partial charge in [-0.2, -0.15) is 0 Å². The predicted molar refractivity (Wildman–Crippen MR) is 114 cm³/mol. The maximum absolute atomic E-state index is 12.8. The summed E-state index contributed by atoms with van der Waals surface area (Å²) in [4.78, 5) is 34.5. The molecule has 0 saturated heterocycles. The van der Waals surface area contributed by atoms with E-state index < -0.39 is 0 Å². The number of carbonyl (C=O) groups excluding carboxylic acids is 1. The average Bonchev–Trinajstić information content (AvgIpc) is 3.01. The predicted octanol–water partition coefficient (Wildman–Crippen LogP) is 3.82. The van der Waals surface area contributed by atoms with E-state index in [4.69, 9.17) is 0 Å². The minimum atomic E-state index is -0.300. The molecule has 0 spiro atoms. The monoisotopic (exact) mass is 414 g/mol. The lowest BCUT2D eigenvalue weighted by Crippen LogP contribution is -2.37. The lowest BCUT2D eigenvalue weighted by molar-refractivity contribution is -0.119. The zero-order valence-corrected chi connectivity index (χ0v) is 17.9. The molecule has 1 unspecified atom stereocenters. The van der Waals surface area contributed by atoms with Crippen molar-refractivity contribution in [1.82, 2.24) is 14.5 Å². The maximum atomic E-state index is 12.8. The van der Waals surface area contributed by atoms with E-state index in [-0.39, 0.29) is 22.8 Å². The molecule has 0 fully saturated rings. The van der Waals surface area contributed by atoms with Crippen molar-refractivity contribution >= 4 is 44.4 Å². The number of aromatic nitrogens is 3. The standard InChI is InChI=1S/C20H22N4O2S2/c1-11-5-6-13-14(7-11)28-18(21-13)23-17(26)12-9-24-16(25)8-15(20(2,3)4)22-19(24)27-10-12/h5-8,12H,9-10H2,1-4H3,(H,21,23,26). The molecule has 3 heterocycles. The normalized spacial score (nSPS) is 16.8. The third-order valence-corrected chi connectivity index (χ3v) is 6.78. The van der Waals surface area contributed by atoms with E-state index >= 15 is 0 Å². The molecule has 0 aliphatic carbocycles. The Morgan fingerprint density at radius 3 is 2.79 bits per heavy atom. The van der Waals surface area contributed by atoms with E-state index in [9.17, 15) is 9.59 Å². The number of carbonyl (C=O) groups is 1. The lowest BCUT2D eigenvalue weighted by Gasteiger charge is -2.26. The Morgan fingerprint density at radius 2 is 2.04 bits per heavy atom. The first-order valence-corrected chi connectivity index (χ1v) is 10.9. The Bertz CT molecular complexity index is 1130. The van der Waals surface area contributed by atoms with Crippen LogP contribution in [0, 0.1) is 12.8 Å². The fourth-order valence-electron chi connectivity index (χ4n) is 3.05. The van der Waals surface area contributed by atoms with Crippen LogP contribution in [0.2, 0.25) is 0 Å². The average molecular weight is 415 g/mol. The summed E-state index contributed by atoms with van der Waals surface area (Å²) in [6, 6.07) is 7.61. The highest BCUT2D eigenvalue weighted by Gasteiger charge is 2.29. The number of hydrogen-bond acceptors (Lipinski definition) is 6. The summed E-state index contributed by atoms with van der Waals surface area (Å²) < 4.78 is 2.66. The summed E-state index contributed by atoms with van der Waals surface area (Å²) in [5.74, 6) is 0.183. The molecular weight excluding hydrogens is 392 g/mol. The Hall–Kier alpha value is -2.19. The molecule has 4 rings (SSSR count). The van der Waals surface area contributed by atoms with Gasteiger partial charge in [-0.15, -0.1) is 0 Å². The number of hydrogen-bond donors (Lipinski definition) is 1. The van der Waals surface area contributed by atoms with Gasteiger partial charge in [-0.25, -0.2) is 9.97 Å². The van der Waals surface area contributed by atoms with Crippen molar-refractivity contribution < 1.29 is 4.79 Å². The number of anilines is 1. The van der Waals surface area contributed by atoms with Crippen LogP contribution in [0.3, 0.4) is 0 Å². The largest absolute Gasteiger partial charge is 0.302 e. The molecule has 1 aliphatic heterocycles. The smallest absolute Gasteiger partial charge is 0.254 e. The molecule has 1 atom stereocenters. The lowest BCUT2D eigenvalue weighted by atomic mass is 9.92. The van der Waals surface area contributed by atoms with Crippen molar-refractivity contribution in [3.63, 3.8) is 0 Å². The van der Waals surface area contributed by atoms with Gasteiger partial charge in [0.05, 0.1) is 21.8 Å². The number of thioether (sulfide) groups is 1. The molecule has 2 aromatic heterocycles. The van der Waals surface area contributed by atoms with Gasteiger partial charge in [-0.3, -0.25) is 14.2 Å². The van der Waals surface area contributed by atoms with Gasteiger partial charge in [0.1, 0.15) is 0 Å². The van der Waals surface area contributed by atoms with Gasteiger partial charge in [0.15, 0.2) is 10.3 Å². The third kappa shape index (κ3) is 3.71. The molecule has 146 valence electrons. The first-order chi connectivity index (χ1) is 13.2. The molecule has 0 saturated carbocycles. The second-order valence-electron chi connectivity index (χ2n) is 8.11. The molecule has 6 nitrogen and oxygen atoms in total. The molecule has 1 aliphatic rings. The molecular formula is C20H22N4O2S2. The van der Waals surface area contributed by atoms with Crippen LogP contribution >= 0.6 is 23.1 Å². The third-order valence-electron chi connectivity index (χ3n) is 4.70. The highest BCUT2D eigenvalue weighted by molar-refractivity contribution is 7.99. The van der Waals surface area contributed by atoms with Crippen molar-refractivity contribution in [1.29, 1.82) is 0 Å². The van der Waals surface area contributed by atoms with Crippen LogP contribution in [0.1, 0.15) is 32.0 Å². The molecule has 1 aromatic carbocycles. The Kier molecular flexibility index (Phi) is 4.79. The SMILES string of the molecule is Cc1ccc2nc(NC(=O)C3CSc4nc(C(C)(C)C)cc(=O)n4C3)sc2c1. The van der Waals surface area contributed by atoms with Crippen LogP contribution in [0.4, 0.5) is 5.13 Å². The highest BCUT2D eigenvalue weighted by Crippen LogP contribution is 2.30. The molecule has 0 radical (unpaired) electrons. The van der Waals surface area contributed by atoms with Gasteiger partial charge in [-0.05, 0) is 24.6 Å². The zero-order chi connectivity index (χ0) is 20.1. The van der Waals surface area contributed by atoms with Crippen LogP contribution < -0.4 is 10.9 Å². The van der Waals surface area contributed by atoms with E-state index in [2.05, 4.69) is 21.4 Å². The highest BCUT2D eigenvalue weighted by atomic mass is 32.2. The first-order valence-electron chi connectivity index (χ1n) is 9.14. The topological polar surface area (TPSA) is 76.9 Å². The fraction of sp³-hybridized carbons (Fsp3) is 0.400. The quantitative estimate of drug-likeness (QED) is 0.645. The van der Waals surface area contributed by atoms with Gasteiger partial charge >= 0.3 is 0 Å². The molecule has 8 heteroatoms. The fourth-order valence-corrected chi connectivity index (χ4v) is 5.10. The van der Waals surface area contributed by atoms with Gasteiger partial charge < -0.3 is 5.32 Å². The maximum Gasteiger partial charge on any atom is 0.254 e. The van der Waals surface area contributed by atoms with Crippen LogP contribution in [0.15, 0.2) is 34.2 Å². The number of amides is 1. The summed E-state index contributed by atoms with van der Waals surface area (Å²) in [7, 11) is 0. The number of rotatable bonds is 2. The number of fused-ring (bicyclic) bond motifs is 2. The Balaban J connectivity index is 1.53. The van der Waals surface area contributed by atoms with E-state index in [1.54, 1.807) is 10.6 Å². The summed E-state index contributed by atoms with van der Waals surface area (Å²) in [5.41, 5.74) is 2.54. The minimum Gasteiger partial charge on any atom is -0.302 e. The number of aryl methyl sites for hydroxylation is 1. The number of nitrogens with zero attached hydrogens (tertiary/aromatic N) is 3. The van der Waals surface area contributed by atoms with Gasteiger partial charge in [0, 0.05) is 23.8 Å². The number of thiazole rings is 1. The van der Waals surface area contributed by atoms with Crippen LogP contribution in [-0.4, -0.2) is 26.2 Å². The van der Waals surface area contributed by atoms with E-state index in [0.29, 0.717) is 22.6 Å². The molecule has 3 aromatic rings. The molecule has 1 N–H and O–H groups in total. The van der Waals surface area contributed by atoms with Crippen LogP contribution in [0.25, 0.3) is 10.2 Å². The van der Waals surface area contributed by atoms with Crippen molar-refractivity contribution in [3.05, 3.63) is 45.9 Å². The molecule has 1 amide bonds. The van der Waals surface area contributed by atoms with Gasteiger partial charge in [0.2, 0.25) is 5.91 Å². The zero-order valence-electron chi connectivity index (χ0n) is 16.3. The minimum absolute atomic E-state index is 0.101. The molecule has 28 heavy (non-hydrogen) atoms. The van der Waals surface area contributed by atoms with Gasteiger partial charge in [-0.1, -0.05) is 49.9 Å². The van der Waals surface area contributed by atoms with Crippen LogP contribution in [0.5, 0.6) is 0 Å². The first kappa shape index (κ1) is 19.1. The van der Waals surface area contributed by atoms with E-state index in [1.807, 2.05) is 39.8 Å². The number of benzene rings is 1.